The Bertz CT molecular complexity index is 1220. The van der Waals surface area contributed by atoms with Crippen LogP contribution in [0.4, 0.5) is 4.79 Å². The standard InChI is InChI=1S/C24H28N4O3S/c1-14-11-15(2)13-17(12-14)28-21(30)18-9-7-8-10-19(18)25-23(28)32-16(3)20(29)26-22(31)27-24(4,5)6/h7-13,16H,1-6H3,(H2,26,27,29,31). The number of fused-ring (bicyclic) bond motifs is 1. The zero-order valence-electron chi connectivity index (χ0n) is 19.1. The van der Waals surface area contributed by atoms with Crippen molar-refractivity contribution in [2.24, 2.45) is 0 Å². The molecule has 2 aromatic carbocycles. The molecule has 0 saturated heterocycles. The van der Waals surface area contributed by atoms with Crippen LogP contribution in [0.5, 0.6) is 0 Å². The van der Waals surface area contributed by atoms with Gasteiger partial charge in [-0.15, -0.1) is 0 Å². The molecule has 0 radical (unpaired) electrons. The molecular weight excluding hydrogens is 424 g/mol. The second-order valence-electron chi connectivity index (χ2n) is 8.85. The average Bonchev–Trinajstić information content (AvgIpc) is 2.65. The minimum absolute atomic E-state index is 0.207. The van der Waals surface area contributed by atoms with Gasteiger partial charge in [0.25, 0.3) is 5.56 Å². The van der Waals surface area contributed by atoms with Crippen LogP contribution in [0.3, 0.4) is 0 Å². The maximum absolute atomic E-state index is 13.4. The fourth-order valence-electron chi connectivity index (χ4n) is 3.30. The molecule has 3 aromatic rings. The smallest absolute Gasteiger partial charge is 0.321 e. The van der Waals surface area contributed by atoms with Crippen molar-refractivity contribution in [3.05, 3.63) is 63.9 Å². The fourth-order valence-corrected chi connectivity index (χ4v) is 4.22. The predicted octanol–water partition coefficient (Wildman–Crippen LogP) is 4.11. The summed E-state index contributed by atoms with van der Waals surface area (Å²) in [4.78, 5) is 42.8. The van der Waals surface area contributed by atoms with Gasteiger partial charge in [-0.05, 0) is 76.9 Å². The molecule has 3 amide bonds. The summed E-state index contributed by atoms with van der Waals surface area (Å²) >= 11 is 1.13. The Morgan fingerprint density at radius 2 is 1.69 bits per heavy atom. The molecule has 0 spiro atoms. The van der Waals surface area contributed by atoms with E-state index in [0.717, 1.165) is 22.9 Å². The molecule has 1 heterocycles. The number of hydrogen-bond acceptors (Lipinski definition) is 5. The van der Waals surface area contributed by atoms with Crippen LogP contribution >= 0.6 is 11.8 Å². The van der Waals surface area contributed by atoms with Gasteiger partial charge in [-0.1, -0.05) is 30.0 Å². The van der Waals surface area contributed by atoms with Crippen molar-refractivity contribution >= 4 is 34.6 Å². The molecular formula is C24H28N4O3S. The number of nitrogens with zero attached hydrogens (tertiary/aromatic N) is 2. The third kappa shape index (κ3) is 5.56. The highest BCUT2D eigenvalue weighted by molar-refractivity contribution is 8.00. The van der Waals surface area contributed by atoms with Crippen molar-refractivity contribution in [1.29, 1.82) is 0 Å². The van der Waals surface area contributed by atoms with Gasteiger partial charge >= 0.3 is 6.03 Å². The average molecular weight is 453 g/mol. The number of thioether (sulfide) groups is 1. The summed E-state index contributed by atoms with van der Waals surface area (Å²) < 4.78 is 1.53. The number of nitrogens with one attached hydrogen (secondary N) is 2. The Hall–Kier alpha value is -3.13. The van der Waals surface area contributed by atoms with E-state index < -0.39 is 22.7 Å². The van der Waals surface area contributed by atoms with E-state index in [1.54, 1.807) is 25.1 Å². The third-order valence-corrected chi connectivity index (χ3v) is 5.64. The zero-order valence-corrected chi connectivity index (χ0v) is 20.0. The van der Waals surface area contributed by atoms with Gasteiger partial charge in [0, 0.05) is 5.54 Å². The van der Waals surface area contributed by atoms with Crippen LogP contribution in [0.15, 0.2) is 52.4 Å². The molecule has 3 rings (SSSR count). The van der Waals surface area contributed by atoms with Crippen LogP contribution in [0.2, 0.25) is 0 Å². The molecule has 0 aliphatic heterocycles. The van der Waals surface area contributed by atoms with Crippen molar-refractivity contribution in [1.82, 2.24) is 20.2 Å². The van der Waals surface area contributed by atoms with Crippen molar-refractivity contribution in [2.45, 2.75) is 57.5 Å². The number of benzene rings is 2. The van der Waals surface area contributed by atoms with Gasteiger partial charge in [0.15, 0.2) is 5.16 Å². The van der Waals surface area contributed by atoms with Gasteiger partial charge in [-0.25, -0.2) is 9.78 Å². The first-order valence-corrected chi connectivity index (χ1v) is 11.2. The third-order valence-electron chi connectivity index (χ3n) is 4.59. The molecule has 7 nitrogen and oxygen atoms in total. The normalized spacial score (nSPS) is 12.4. The van der Waals surface area contributed by atoms with Crippen molar-refractivity contribution in [3.8, 4) is 5.69 Å². The lowest BCUT2D eigenvalue weighted by atomic mass is 10.1. The number of hydrogen-bond donors (Lipinski definition) is 2. The summed E-state index contributed by atoms with van der Waals surface area (Å²) in [6.07, 6.45) is 0. The number of aromatic nitrogens is 2. The Morgan fingerprint density at radius 1 is 1.06 bits per heavy atom. The summed E-state index contributed by atoms with van der Waals surface area (Å²) in [5.41, 5.74) is 2.59. The quantitative estimate of drug-likeness (QED) is 0.459. The fraction of sp³-hybridized carbons (Fsp3) is 0.333. The highest BCUT2D eigenvalue weighted by atomic mass is 32.2. The SMILES string of the molecule is Cc1cc(C)cc(-n2c(SC(C)C(=O)NC(=O)NC(C)(C)C)nc3ccccc3c2=O)c1. The predicted molar refractivity (Wildman–Crippen MR) is 129 cm³/mol. The minimum Gasteiger partial charge on any atom is -0.333 e. The Kier molecular flexibility index (Phi) is 6.74. The molecule has 168 valence electrons. The van der Waals surface area contributed by atoms with E-state index in [2.05, 4.69) is 15.6 Å². The lowest BCUT2D eigenvalue weighted by Gasteiger charge is -2.21. The van der Waals surface area contributed by atoms with Crippen LogP contribution in [-0.2, 0) is 4.79 Å². The highest BCUT2D eigenvalue weighted by Crippen LogP contribution is 2.26. The molecule has 1 unspecified atom stereocenters. The molecule has 8 heteroatoms. The van der Waals surface area contributed by atoms with E-state index >= 15 is 0 Å². The van der Waals surface area contributed by atoms with Gasteiger partial charge in [0.2, 0.25) is 5.91 Å². The van der Waals surface area contributed by atoms with E-state index in [1.807, 2.05) is 58.9 Å². The lowest BCUT2D eigenvalue weighted by molar-refractivity contribution is -0.119. The van der Waals surface area contributed by atoms with E-state index in [4.69, 9.17) is 0 Å². The Labute approximate surface area is 191 Å². The molecule has 2 N–H and O–H groups in total. The molecule has 1 aromatic heterocycles. The topological polar surface area (TPSA) is 93.1 Å². The van der Waals surface area contributed by atoms with Crippen molar-refractivity contribution in [3.63, 3.8) is 0 Å². The largest absolute Gasteiger partial charge is 0.333 e. The van der Waals surface area contributed by atoms with Gasteiger partial charge in [0.1, 0.15) is 0 Å². The number of urea groups is 1. The second kappa shape index (κ2) is 9.16. The summed E-state index contributed by atoms with van der Waals surface area (Å²) in [5, 5.41) is 5.28. The Morgan fingerprint density at radius 3 is 2.31 bits per heavy atom. The summed E-state index contributed by atoms with van der Waals surface area (Å²) in [7, 11) is 0. The van der Waals surface area contributed by atoms with Crippen molar-refractivity contribution in [2.75, 3.05) is 0 Å². The van der Waals surface area contributed by atoms with Crippen LogP contribution < -0.4 is 16.2 Å². The summed E-state index contributed by atoms with van der Waals surface area (Å²) in [6, 6.07) is 12.4. The number of rotatable bonds is 4. The molecule has 0 aliphatic rings. The minimum atomic E-state index is -0.661. The lowest BCUT2D eigenvalue weighted by Crippen LogP contribution is -2.49. The number of imide groups is 1. The number of para-hydroxylation sites is 1. The van der Waals surface area contributed by atoms with Crippen LogP contribution in [0, 0.1) is 13.8 Å². The maximum Gasteiger partial charge on any atom is 0.321 e. The van der Waals surface area contributed by atoms with Gasteiger partial charge in [-0.2, -0.15) is 0 Å². The van der Waals surface area contributed by atoms with E-state index in [-0.39, 0.29) is 5.56 Å². The number of carbonyl (C=O) groups excluding carboxylic acids is 2. The maximum atomic E-state index is 13.4. The highest BCUT2D eigenvalue weighted by Gasteiger charge is 2.23. The Balaban J connectivity index is 2.01. The second-order valence-corrected chi connectivity index (χ2v) is 10.2. The van der Waals surface area contributed by atoms with Crippen LogP contribution in [0.1, 0.15) is 38.8 Å². The molecule has 0 bridgehead atoms. The molecule has 32 heavy (non-hydrogen) atoms. The van der Waals surface area contributed by atoms with Crippen molar-refractivity contribution < 1.29 is 9.59 Å². The van der Waals surface area contributed by atoms with Crippen LogP contribution in [0.25, 0.3) is 16.6 Å². The molecule has 0 saturated carbocycles. The van der Waals surface area contributed by atoms with E-state index in [9.17, 15) is 14.4 Å². The van der Waals surface area contributed by atoms with Gasteiger partial charge in [0.05, 0.1) is 21.8 Å². The van der Waals surface area contributed by atoms with Gasteiger partial charge in [-0.3, -0.25) is 19.5 Å². The van der Waals surface area contributed by atoms with E-state index in [1.165, 1.54) is 4.57 Å². The van der Waals surface area contributed by atoms with Gasteiger partial charge < -0.3 is 5.32 Å². The van der Waals surface area contributed by atoms with E-state index in [0.29, 0.717) is 21.7 Å². The zero-order chi connectivity index (χ0) is 23.6. The first-order chi connectivity index (χ1) is 14.9. The number of carbonyl (C=O) groups is 2. The number of aryl methyl sites for hydroxylation is 2. The molecule has 1 atom stereocenters. The summed E-state index contributed by atoms with van der Waals surface area (Å²) in [6.45, 7) is 11.1. The first-order valence-electron chi connectivity index (χ1n) is 10.3. The monoisotopic (exact) mass is 452 g/mol. The summed E-state index contributed by atoms with van der Waals surface area (Å²) in [5.74, 6) is -0.467. The number of amides is 3. The first kappa shape index (κ1) is 23.5. The molecule has 0 fully saturated rings. The van der Waals surface area contributed by atoms with Crippen LogP contribution in [-0.4, -0.2) is 32.3 Å². The molecule has 0 aliphatic carbocycles.